The summed E-state index contributed by atoms with van der Waals surface area (Å²) in [5, 5.41) is 10.0. The summed E-state index contributed by atoms with van der Waals surface area (Å²) in [6.07, 6.45) is 13.5. The number of hydrogen-bond donors (Lipinski definition) is 2. The molecule has 7 heteroatoms. The molecule has 2 atom stereocenters. The van der Waals surface area contributed by atoms with Gasteiger partial charge >= 0.3 is 5.97 Å². The molecule has 0 saturated heterocycles. The first-order valence-corrected chi connectivity index (χ1v) is 12.2. The van der Waals surface area contributed by atoms with Gasteiger partial charge < -0.3 is 20.5 Å². The van der Waals surface area contributed by atoms with Crippen molar-refractivity contribution >= 4 is 17.8 Å². The fourth-order valence-corrected chi connectivity index (χ4v) is 4.06. The monoisotopic (exact) mass is 458 g/mol. The molecule has 2 rings (SSSR count). The molecule has 1 heterocycles. The molecule has 1 aromatic carbocycles. The average molecular weight is 459 g/mol. The van der Waals surface area contributed by atoms with Gasteiger partial charge in [-0.1, -0.05) is 57.2 Å². The van der Waals surface area contributed by atoms with Crippen LogP contribution < -0.4 is 5.73 Å². The number of benzene rings is 1. The van der Waals surface area contributed by atoms with Gasteiger partial charge in [-0.3, -0.25) is 9.59 Å². The number of unbranched alkanes of at least 4 members (excludes halogenated alkanes) is 6. The third-order valence-electron chi connectivity index (χ3n) is 5.96. The Bertz CT molecular complexity index is 808. The SMILES string of the molecule is CCCCCC[C@H](CCCCCCC(N)=O)OC(=O)[C@@H]1CC=CN1C(=O)c1ccccc1O. The van der Waals surface area contributed by atoms with Gasteiger partial charge in [0.2, 0.25) is 5.91 Å². The highest BCUT2D eigenvalue weighted by atomic mass is 16.5. The number of phenols is 1. The maximum Gasteiger partial charge on any atom is 0.329 e. The van der Waals surface area contributed by atoms with Gasteiger partial charge in [-0.25, -0.2) is 4.79 Å². The highest BCUT2D eigenvalue weighted by Crippen LogP contribution is 2.25. The normalized spacial score (nSPS) is 16.0. The van der Waals surface area contributed by atoms with E-state index < -0.39 is 17.9 Å². The molecular weight excluding hydrogens is 420 g/mol. The summed E-state index contributed by atoms with van der Waals surface area (Å²) in [5.41, 5.74) is 5.34. The minimum Gasteiger partial charge on any atom is -0.507 e. The van der Waals surface area contributed by atoms with E-state index in [1.807, 2.05) is 0 Å². The molecule has 0 unspecified atom stereocenters. The van der Waals surface area contributed by atoms with Gasteiger partial charge in [-0.15, -0.1) is 0 Å². The molecule has 2 amide bonds. The van der Waals surface area contributed by atoms with Crippen molar-refractivity contribution in [3.05, 3.63) is 42.1 Å². The number of ether oxygens (including phenoxy) is 1. The van der Waals surface area contributed by atoms with Crippen molar-refractivity contribution in [3.63, 3.8) is 0 Å². The third kappa shape index (κ3) is 8.91. The van der Waals surface area contributed by atoms with Crippen LogP contribution in [0.3, 0.4) is 0 Å². The van der Waals surface area contributed by atoms with Crippen LogP contribution in [-0.2, 0) is 14.3 Å². The smallest absolute Gasteiger partial charge is 0.329 e. The molecule has 0 aromatic heterocycles. The van der Waals surface area contributed by atoms with Crippen LogP contribution in [0.4, 0.5) is 0 Å². The number of nitrogens with zero attached hydrogens (tertiary/aromatic N) is 1. The minimum atomic E-state index is -0.717. The Morgan fingerprint density at radius 2 is 1.73 bits per heavy atom. The molecule has 7 nitrogen and oxygen atoms in total. The zero-order chi connectivity index (χ0) is 24.1. The molecule has 1 aliphatic rings. The van der Waals surface area contributed by atoms with Crippen molar-refractivity contribution in [2.75, 3.05) is 0 Å². The third-order valence-corrected chi connectivity index (χ3v) is 5.96. The Morgan fingerprint density at radius 3 is 2.39 bits per heavy atom. The predicted molar refractivity (Wildman–Crippen MR) is 127 cm³/mol. The van der Waals surface area contributed by atoms with Crippen LogP contribution in [0.1, 0.15) is 94.3 Å². The van der Waals surface area contributed by atoms with E-state index in [0.29, 0.717) is 12.8 Å². The number of esters is 1. The summed E-state index contributed by atoms with van der Waals surface area (Å²) in [6, 6.07) is 5.60. The predicted octanol–water partition coefficient (Wildman–Crippen LogP) is 4.83. The molecule has 1 aromatic rings. The van der Waals surface area contributed by atoms with Crippen molar-refractivity contribution in [3.8, 4) is 5.75 Å². The van der Waals surface area contributed by atoms with Crippen LogP contribution >= 0.6 is 0 Å². The van der Waals surface area contributed by atoms with Crippen LogP contribution in [0.25, 0.3) is 0 Å². The number of primary amides is 1. The van der Waals surface area contributed by atoms with E-state index >= 15 is 0 Å². The van der Waals surface area contributed by atoms with Crippen molar-refractivity contribution in [2.24, 2.45) is 5.73 Å². The summed E-state index contributed by atoms with van der Waals surface area (Å²) in [6.45, 7) is 2.16. The number of aromatic hydroxyl groups is 1. The second-order valence-corrected chi connectivity index (χ2v) is 8.69. The van der Waals surface area contributed by atoms with E-state index in [1.54, 1.807) is 30.5 Å². The first-order valence-electron chi connectivity index (χ1n) is 12.2. The van der Waals surface area contributed by atoms with Gasteiger partial charge in [0, 0.05) is 12.6 Å². The Kier molecular flexibility index (Phi) is 11.5. The molecule has 3 N–H and O–H groups in total. The second-order valence-electron chi connectivity index (χ2n) is 8.69. The molecule has 0 bridgehead atoms. The average Bonchev–Trinajstić information content (AvgIpc) is 3.28. The number of para-hydroxylation sites is 1. The molecule has 0 radical (unpaired) electrons. The fourth-order valence-electron chi connectivity index (χ4n) is 4.06. The molecule has 33 heavy (non-hydrogen) atoms. The van der Waals surface area contributed by atoms with Crippen LogP contribution in [0.5, 0.6) is 5.75 Å². The lowest BCUT2D eigenvalue weighted by Crippen LogP contribution is -2.41. The summed E-state index contributed by atoms with van der Waals surface area (Å²) < 4.78 is 5.90. The first kappa shape index (κ1) is 26.4. The Labute approximate surface area is 197 Å². The first-order chi connectivity index (χ1) is 15.9. The summed E-state index contributed by atoms with van der Waals surface area (Å²) in [7, 11) is 0. The second kappa shape index (κ2) is 14.3. The number of rotatable bonds is 15. The standard InChI is InChI=1S/C26H38N2O5/c1-2-3-4-7-13-20(14-8-5-6-9-18-24(27)30)33-26(32)22-16-12-19-28(22)25(31)21-15-10-11-17-23(21)29/h10-12,15,17,19-20,22,29H,2-9,13-14,16,18H2,1H3,(H2,27,30)/t20-,22+/m1/s1. The van der Waals surface area contributed by atoms with Crippen LogP contribution in [0.2, 0.25) is 0 Å². The van der Waals surface area contributed by atoms with E-state index in [0.717, 1.165) is 64.2 Å². The number of amides is 2. The Hall–Kier alpha value is -2.83. The molecule has 0 spiro atoms. The zero-order valence-electron chi connectivity index (χ0n) is 19.7. The summed E-state index contributed by atoms with van der Waals surface area (Å²) >= 11 is 0. The van der Waals surface area contributed by atoms with E-state index in [9.17, 15) is 19.5 Å². The summed E-state index contributed by atoms with van der Waals surface area (Å²) in [4.78, 5) is 38.1. The maximum absolute atomic E-state index is 13.0. The summed E-state index contributed by atoms with van der Waals surface area (Å²) in [5.74, 6) is -1.21. The van der Waals surface area contributed by atoms with Gasteiger partial charge in [-0.05, 0) is 50.7 Å². The van der Waals surface area contributed by atoms with Gasteiger partial charge in [0.15, 0.2) is 0 Å². The van der Waals surface area contributed by atoms with Gasteiger partial charge in [-0.2, -0.15) is 0 Å². The van der Waals surface area contributed by atoms with Crippen LogP contribution in [0.15, 0.2) is 36.5 Å². The number of carbonyl (C=O) groups excluding carboxylic acids is 3. The van der Waals surface area contributed by atoms with Crippen LogP contribution in [-0.4, -0.2) is 39.9 Å². The highest BCUT2D eigenvalue weighted by Gasteiger charge is 2.34. The lowest BCUT2D eigenvalue weighted by molar-refractivity contribution is -0.154. The van der Waals surface area contributed by atoms with Gasteiger partial charge in [0.1, 0.15) is 17.9 Å². The molecule has 182 valence electrons. The molecular formula is C26H38N2O5. The van der Waals surface area contributed by atoms with Crippen molar-refractivity contribution in [1.82, 2.24) is 4.90 Å². The van der Waals surface area contributed by atoms with E-state index in [4.69, 9.17) is 10.5 Å². The number of phenolic OH excluding ortho intramolecular Hbond substituents is 1. The van der Waals surface area contributed by atoms with E-state index in [2.05, 4.69) is 6.92 Å². The topological polar surface area (TPSA) is 110 Å². The quantitative estimate of drug-likeness (QED) is 0.289. The molecule has 0 fully saturated rings. The minimum absolute atomic E-state index is 0.111. The number of carbonyl (C=O) groups is 3. The lowest BCUT2D eigenvalue weighted by atomic mass is 10.0. The zero-order valence-corrected chi connectivity index (χ0v) is 19.7. The lowest BCUT2D eigenvalue weighted by Gasteiger charge is -2.26. The van der Waals surface area contributed by atoms with Crippen molar-refractivity contribution < 1.29 is 24.2 Å². The Balaban J connectivity index is 1.92. The van der Waals surface area contributed by atoms with Crippen molar-refractivity contribution in [1.29, 1.82) is 0 Å². The molecule has 0 saturated carbocycles. The van der Waals surface area contributed by atoms with E-state index in [-0.39, 0.29) is 23.3 Å². The van der Waals surface area contributed by atoms with Gasteiger partial charge in [0.05, 0.1) is 5.56 Å². The van der Waals surface area contributed by atoms with Crippen molar-refractivity contribution in [2.45, 2.75) is 96.1 Å². The Morgan fingerprint density at radius 1 is 1.06 bits per heavy atom. The maximum atomic E-state index is 13.0. The number of hydrogen-bond acceptors (Lipinski definition) is 5. The van der Waals surface area contributed by atoms with E-state index in [1.165, 1.54) is 11.0 Å². The number of nitrogens with two attached hydrogens (primary N) is 1. The van der Waals surface area contributed by atoms with Crippen LogP contribution in [0, 0.1) is 0 Å². The molecule has 1 aliphatic heterocycles. The fraction of sp³-hybridized carbons (Fsp3) is 0.577. The van der Waals surface area contributed by atoms with Gasteiger partial charge in [0.25, 0.3) is 5.91 Å². The largest absolute Gasteiger partial charge is 0.507 e. The molecule has 0 aliphatic carbocycles. The highest BCUT2D eigenvalue weighted by molar-refractivity contribution is 6.00.